The summed E-state index contributed by atoms with van der Waals surface area (Å²) >= 11 is 0. The smallest absolute Gasteiger partial charge is 0.358 e. The molecule has 1 aromatic heterocycles. The number of carboxylic acids is 1. The predicted octanol–water partition coefficient (Wildman–Crippen LogP) is 2.88. The molecule has 1 N–H and O–H groups in total. The molecule has 0 radical (unpaired) electrons. The largest absolute Gasteiger partial charge is 0.494 e. The van der Waals surface area contributed by atoms with Crippen LogP contribution in [0.2, 0.25) is 0 Å². The number of carboxylic acid groups (broad SMARTS) is 1. The number of ether oxygens (including phenoxy) is 1. The molecule has 2 rings (SSSR count). The molecular formula is C16H21N3O3. The van der Waals surface area contributed by atoms with Gasteiger partial charge in [-0.1, -0.05) is 36.8 Å². The lowest BCUT2D eigenvalue weighted by Crippen LogP contribution is -2.12. The fraction of sp³-hybridized carbons (Fsp3) is 0.438. The molecule has 0 unspecified atom stereocenters. The van der Waals surface area contributed by atoms with Gasteiger partial charge in [-0.2, -0.15) is 0 Å². The summed E-state index contributed by atoms with van der Waals surface area (Å²) in [7, 11) is 0. The highest BCUT2D eigenvalue weighted by Gasteiger charge is 2.21. The molecule has 0 amide bonds. The molecule has 6 heteroatoms. The van der Waals surface area contributed by atoms with E-state index in [0.29, 0.717) is 18.8 Å². The fourth-order valence-electron chi connectivity index (χ4n) is 2.25. The standard InChI is InChI=1S/C16H21N3O3/c1-11(2)15-14(16(20)21)17-18-19(15)9-4-10-22-13-7-5-12(3)6-8-13/h5-8,11H,4,9-10H2,1-3H3,(H,20,21). The van der Waals surface area contributed by atoms with Crippen molar-refractivity contribution in [3.8, 4) is 5.75 Å². The van der Waals surface area contributed by atoms with E-state index in [0.717, 1.165) is 12.2 Å². The Morgan fingerprint density at radius 1 is 1.32 bits per heavy atom. The summed E-state index contributed by atoms with van der Waals surface area (Å²) in [5, 5.41) is 16.8. The van der Waals surface area contributed by atoms with Crippen LogP contribution in [0.1, 0.15) is 47.9 Å². The normalized spacial score (nSPS) is 10.9. The average molecular weight is 303 g/mol. The van der Waals surface area contributed by atoms with E-state index in [9.17, 15) is 4.79 Å². The third-order valence-corrected chi connectivity index (χ3v) is 3.33. The van der Waals surface area contributed by atoms with Crippen molar-refractivity contribution in [3.05, 3.63) is 41.2 Å². The third kappa shape index (κ3) is 3.84. The summed E-state index contributed by atoms with van der Waals surface area (Å²) in [5.74, 6) is -0.149. The SMILES string of the molecule is Cc1ccc(OCCCn2nnc(C(=O)O)c2C(C)C)cc1. The Balaban J connectivity index is 1.92. The predicted molar refractivity (Wildman–Crippen MR) is 82.4 cm³/mol. The summed E-state index contributed by atoms with van der Waals surface area (Å²) in [5.41, 5.74) is 1.88. The first-order chi connectivity index (χ1) is 10.5. The minimum absolute atomic E-state index is 0.0365. The van der Waals surface area contributed by atoms with Gasteiger partial charge < -0.3 is 9.84 Å². The van der Waals surface area contributed by atoms with E-state index in [4.69, 9.17) is 9.84 Å². The number of benzene rings is 1. The van der Waals surface area contributed by atoms with Crippen molar-refractivity contribution in [2.75, 3.05) is 6.61 Å². The van der Waals surface area contributed by atoms with E-state index in [2.05, 4.69) is 10.3 Å². The van der Waals surface area contributed by atoms with E-state index in [1.54, 1.807) is 4.68 Å². The van der Waals surface area contributed by atoms with Crippen molar-refractivity contribution < 1.29 is 14.6 Å². The van der Waals surface area contributed by atoms with Gasteiger partial charge in [0.1, 0.15) is 5.75 Å². The molecule has 22 heavy (non-hydrogen) atoms. The van der Waals surface area contributed by atoms with Crippen LogP contribution in [0.15, 0.2) is 24.3 Å². The molecule has 1 heterocycles. The van der Waals surface area contributed by atoms with Gasteiger partial charge in [0.15, 0.2) is 5.69 Å². The number of aromatic nitrogens is 3. The molecule has 0 saturated heterocycles. The highest BCUT2D eigenvalue weighted by Crippen LogP contribution is 2.18. The second-order valence-electron chi connectivity index (χ2n) is 5.52. The molecule has 0 aliphatic rings. The van der Waals surface area contributed by atoms with E-state index >= 15 is 0 Å². The van der Waals surface area contributed by atoms with Crippen LogP contribution in [0.4, 0.5) is 0 Å². The highest BCUT2D eigenvalue weighted by atomic mass is 16.5. The lowest BCUT2D eigenvalue weighted by atomic mass is 10.1. The average Bonchev–Trinajstić information content (AvgIpc) is 2.90. The topological polar surface area (TPSA) is 77.2 Å². The van der Waals surface area contributed by atoms with Crippen LogP contribution in [0, 0.1) is 6.92 Å². The van der Waals surface area contributed by atoms with Crippen LogP contribution in [0.5, 0.6) is 5.75 Å². The highest BCUT2D eigenvalue weighted by molar-refractivity contribution is 5.86. The van der Waals surface area contributed by atoms with Crippen LogP contribution in [-0.4, -0.2) is 32.7 Å². The van der Waals surface area contributed by atoms with Crippen LogP contribution >= 0.6 is 0 Å². The molecule has 0 aliphatic carbocycles. The van der Waals surface area contributed by atoms with Gasteiger partial charge in [0.2, 0.25) is 0 Å². The molecule has 0 aliphatic heterocycles. The second-order valence-corrected chi connectivity index (χ2v) is 5.52. The summed E-state index contributed by atoms with van der Waals surface area (Å²) in [6.45, 7) is 7.03. The van der Waals surface area contributed by atoms with Crippen molar-refractivity contribution in [3.63, 3.8) is 0 Å². The number of aromatic carboxylic acids is 1. The minimum atomic E-state index is -1.04. The number of nitrogens with zero attached hydrogens (tertiary/aromatic N) is 3. The molecule has 118 valence electrons. The minimum Gasteiger partial charge on any atom is -0.494 e. The third-order valence-electron chi connectivity index (χ3n) is 3.33. The Labute approximate surface area is 129 Å². The Hall–Kier alpha value is -2.37. The number of aryl methyl sites for hydroxylation is 2. The van der Waals surface area contributed by atoms with Gasteiger partial charge in [-0.25, -0.2) is 9.48 Å². The maximum absolute atomic E-state index is 11.1. The van der Waals surface area contributed by atoms with Crippen LogP contribution < -0.4 is 4.74 Å². The monoisotopic (exact) mass is 303 g/mol. The van der Waals surface area contributed by atoms with E-state index in [1.807, 2.05) is 45.0 Å². The molecule has 0 spiro atoms. The van der Waals surface area contributed by atoms with Crippen molar-refractivity contribution >= 4 is 5.97 Å². The maximum atomic E-state index is 11.1. The van der Waals surface area contributed by atoms with Crippen molar-refractivity contribution in [2.45, 2.75) is 39.7 Å². The molecule has 2 aromatic rings. The number of carbonyl (C=O) groups is 1. The van der Waals surface area contributed by atoms with Gasteiger partial charge in [-0.05, 0) is 25.0 Å². The van der Waals surface area contributed by atoms with Crippen LogP contribution in [0.25, 0.3) is 0 Å². The lowest BCUT2D eigenvalue weighted by molar-refractivity contribution is 0.0688. The van der Waals surface area contributed by atoms with Gasteiger partial charge in [0.25, 0.3) is 0 Å². The fourth-order valence-corrected chi connectivity index (χ4v) is 2.25. The number of rotatable bonds is 7. The zero-order valence-corrected chi connectivity index (χ0v) is 13.1. The van der Waals surface area contributed by atoms with Gasteiger partial charge in [0.05, 0.1) is 12.3 Å². The maximum Gasteiger partial charge on any atom is 0.358 e. The summed E-state index contributed by atoms with van der Waals surface area (Å²) < 4.78 is 7.32. The zero-order valence-electron chi connectivity index (χ0n) is 13.1. The van der Waals surface area contributed by atoms with Crippen LogP contribution in [-0.2, 0) is 6.54 Å². The van der Waals surface area contributed by atoms with Crippen molar-refractivity contribution in [1.29, 1.82) is 0 Å². The first kappa shape index (κ1) is 16.0. The lowest BCUT2D eigenvalue weighted by Gasteiger charge is -2.10. The van der Waals surface area contributed by atoms with Crippen LogP contribution in [0.3, 0.4) is 0 Å². The van der Waals surface area contributed by atoms with E-state index < -0.39 is 5.97 Å². The van der Waals surface area contributed by atoms with E-state index in [-0.39, 0.29) is 11.6 Å². The molecule has 6 nitrogen and oxygen atoms in total. The van der Waals surface area contributed by atoms with Crippen molar-refractivity contribution in [1.82, 2.24) is 15.0 Å². The number of hydrogen-bond acceptors (Lipinski definition) is 4. The van der Waals surface area contributed by atoms with Gasteiger partial charge >= 0.3 is 5.97 Å². The quantitative estimate of drug-likeness (QED) is 0.796. The molecule has 0 bridgehead atoms. The Morgan fingerprint density at radius 2 is 2.00 bits per heavy atom. The number of hydrogen-bond donors (Lipinski definition) is 1. The molecular weight excluding hydrogens is 282 g/mol. The van der Waals surface area contributed by atoms with Gasteiger partial charge in [-0.15, -0.1) is 5.10 Å². The summed E-state index contributed by atoms with van der Waals surface area (Å²) in [6, 6.07) is 7.88. The molecule has 1 aromatic carbocycles. The first-order valence-electron chi connectivity index (χ1n) is 7.35. The van der Waals surface area contributed by atoms with Crippen molar-refractivity contribution in [2.24, 2.45) is 0 Å². The summed E-state index contributed by atoms with van der Waals surface area (Å²) in [6.07, 6.45) is 0.732. The second kappa shape index (κ2) is 7.06. The molecule has 0 fully saturated rings. The Bertz CT molecular complexity index is 633. The Kier molecular flexibility index (Phi) is 5.14. The Morgan fingerprint density at radius 3 is 2.59 bits per heavy atom. The molecule has 0 atom stereocenters. The first-order valence-corrected chi connectivity index (χ1v) is 7.35. The van der Waals surface area contributed by atoms with E-state index in [1.165, 1.54) is 5.56 Å². The van der Waals surface area contributed by atoms with Gasteiger partial charge in [0, 0.05) is 13.0 Å². The molecule has 0 saturated carbocycles. The zero-order chi connectivity index (χ0) is 16.1. The van der Waals surface area contributed by atoms with Gasteiger partial charge in [-0.3, -0.25) is 0 Å². The summed E-state index contributed by atoms with van der Waals surface area (Å²) in [4.78, 5) is 11.1.